The first-order valence-corrected chi connectivity index (χ1v) is 7.34. The predicted molar refractivity (Wildman–Crippen MR) is 87.4 cm³/mol. The molecule has 0 aliphatic heterocycles. The van der Waals surface area contributed by atoms with Gasteiger partial charge in [0.15, 0.2) is 6.10 Å². The van der Waals surface area contributed by atoms with Crippen molar-refractivity contribution in [1.82, 2.24) is 0 Å². The van der Waals surface area contributed by atoms with Crippen LogP contribution in [0.25, 0.3) is 0 Å². The zero-order valence-electron chi connectivity index (χ0n) is 13.1. The van der Waals surface area contributed by atoms with Crippen molar-refractivity contribution in [1.29, 1.82) is 0 Å². The highest BCUT2D eigenvalue weighted by atomic mass is 16.5. The molecule has 1 amide bonds. The van der Waals surface area contributed by atoms with E-state index in [2.05, 4.69) is 5.32 Å². The van der Waals surface area contributed by atoms with Gasteiger partial charge in [-0.15, -0.1) is 0 Å². The average molecular weight is 299 g/mol. The molecule has 0 saturated heterocycles. The second-order valence-corrected chi connectivity index (χ2v) is 5.25. The molecule has 2 aromatic carbocycles. The summed E-state index contributed by atoms with van der Waals surface area (Å²) in [6, 6.07) is 16.6. The lowest BCUT2D eigenvalue weighted by Crippen LogP contribution is -2.30. The molecule has 2 rings (SSSR count). The van der Waals surface area contributed by atoms with Gasteiger partial charge in [-0.1, -0.05) is 18.2 Å². The van der Waals surface area contributed by atoms with Gasteiger partial charge in [-0.2, -0.15) is 0 Å². The summed E-state index contributed by atoms with van der Waals surface area (Å²) in [7, 11) is 0. The third-order valence-electron chi connectivity index (χ3n) is 2.92. The van der Waals surface area contributed by atoms with Gasteiger partial charge in [-0.25, -0.2) is 0 Å². The molecule has 116 valence electrons. The van der Waals surface area contributed by atoms with Gasteiger partial charge < -0.3 is 14.8 Å². The van der Waals surface area contributed by atoms with E-state index in [9.17, 15) is 4.79 Å². The van der Waals surface area contributed by atoms with Crippen molar-refractivity contribution in [2.45, 2.75) is 33.0 Å². The van der Waals surface area contributed by atoms with E-state index in [0.29, 0.717) is 11.4 Å². The maximum absolute atomic E-state index is 12.1. The van der Waals surface area contributed by atoms with Gasteiger partial charge in [-0.3, -0.25) is 4.79 Å². The van der Waals surface area contributed by atoms with Crippen LogP contribution in [0.1, 0.15) is 20.8 Å². The van der Waals surface area contributed by atoms with Crippen molar-refractivity contribution in [3.8, 4) is 11.5 Å². The van der Waals surface area contributed by atoms with Crippen LogP contribution < -0.4 is 14.8 Å². The van der Waals surface area contributed by atoms with Gasteiger partial charge >= 0.3 is 0 Å². The largest absolute Gasteiger partial charge is 0.491 e. The monoisotopic (exact) mass is 299 g/mol. The molecule has 0 unspecified atom stereocenters. The highest BCUT2D eigenvalue weighted by Crippen LogP contribution is 2.18. The average Bonchev–Trinajstić information content (AvgIpc) is 2.49. The van der Waals surface area contributed by atoms with Crippen LogP contribution in [-0.4, -0.2) is 18.1 Å². The highest BCUT2D eigenvalue weighted by Gasteiger charge is 2.14. The van der Waals surface area contributed by atoms with Gasteiger partial charge in [0.25, 0.3) is 5.91 Å². The summed E-state index contributed by atoms with van der Waals surface area (Å²) in [6.45, 7) is 5.66. The fraction of sp³-hybridized carbons (Fsp3) is 0.278. The smallest absolute Gasteiger partial charge is 0.265 e. The molecule has 0 aliphatic carbocycles. The summed E-state index contributed by atoms with van der Waals surface area (Å²) >= 11 is 0. The molecule has 0 fully saturated rings. The Morgan fingerprint density at radius 3 is 2.05 bits per heavy atom. The van der Waals surface area contributed by atoms with Gasteiger partial charge in [0.2, 0.25) is 0 Å². The van der Waals surface area contributed by atoms with Crippen LogP contribution in [0.15, 0.2) is 54.6 Å². The Bertz CT molecular complexity index is 593. The van der Waals surface area contributed by atoms with Crippen LogP contribution in [0.5, 0.6) is 11.5 Å². The second-order valence-electron chi connectivity index (χ2n) is 5.25. The lowest BCUT2D eigenvalue weighted by Gasteiger charge is -2.15. The second kappa shape index (κ2) is 7.50. The molecule has 2 aromatic rings. The molecule has 0 heterocycles. The molecule has 0 aromatic heterocycles. The topological polar surface area (TPSA) is 47.6 Å². The van der Waals surface area contributed by atoms with E-state index in [4.69, 9.17) is 9.47 Å². The molecule has 0 radical (unpaired) electrons. The molecular formula is C18H21NO3. The molecule has 0 aliphatic rings. The van der Waals surface area contributed by atoms with Crippen molar-refractivity contribution in [3.05, 3.63) is 54.6 Å². The Balaban J connectivity index is 1.90. The van der Waals surface area contributed by atoms with Crippen LogP contribution in [0, 0.1) is 0 Å². The van der Waals surface area contributed by atoms with E-state index in [-0.39, 0.29) is 12.0 Å². The van der Waals surface area contributed by atoms with Gasteiger partial charge in [0.1, 0.15) is 11.5 Å². The number of para-hydroxylation sites is 1. The molecule has 4 nitrogen and oxygen atoms in total. The van der Waals surface area contributed by atoms with Crippen LogP contribution in [-0.2, 0) is 4.79 Å². The quantitative estimate of drug-likeness (QED) is 0.880. The number of nitrogens with one attached hydrogen (secondary N) is 1. The van der Waals surface area contributed by atoms with E-state index >= 15 is 0 Å². The van der Waals surface area contributed by atoms with E-state index in [1.807, 2.05) is 68.4 Å². The Labute approximate surface area is 131 Å². The van der Waals surface area contributed by atoms with E-state index in [0.717, 1.165) is 5.75 Å². The zero-order valence-corrected chi connectivity index (χ0v) is 13.1. The van der Waals surface area contributed by atoms with Crippen LogP contribution in [0.2, 0.25) is 0 Å². The summed E-state index contributed by atoms with van der Waals surface area (Å²) in [6.07, 6.45) is -0.450. The summed E-state index contributed by atoms with van der Waals surface area (Å²) in [5.74, 6) is 1.26. The number of hydrogen-bond donors (Lipinski definition) is 1. The molecule has 0 saturated carbocycles. The minimum atomic E-state index is -0.575. The lowest BCUT2D eigenvalue weighted by molar-refractivity contribution is -0.122. The Hall–Kier alpha value is -2.49. The SMILES string of the molecule is CC(C)Oc1ccc(NC(=O)[C@@H](C)Oc2ccccc2)cc1. The first-order chi connectivity index (χ1) is 10.5. The normalized spacial score (nSPS) is 11.8. The fourth-order valence-corrected chi connectivity index (χ4v) is 1.89. The van der Waals surface area contributed by atoms with Gasteiger partial charge in [0, 0.05) is 5.69 Å². The number of benzene rings is 2. The number of carbonyl (C=O) groups excluding carboxylic acids is 1. The molecule has 0 spiro atoms. The van der Waals surface area contributed by atoms with Crippen molar-refractivity contribution in [2.24, 2.45) is 0 Å². The summed E-state index contributed by atoms with van der Waals surface area (Å²) in [5, 5.41) is 2.82. The number of ether oxygens (including phenoxy) is 2. The zero-order chi connectivity index (χ0) is 15.9. The van der Waals surface area contributed by atoms with Crippen molar-refractivity contribution >= 4 is 11.6 Å². The summed E-state index contributed by atoms with van der Waals surface area (Å²) in [4.78, 5) is 12.1. The third kappa shape index (κ3) is 4.81. The van der Waals surface area contributed by atoms with Crippen molar-refractivity contribution in [2.75, 3.05) is 5.32 Å². The maximum Gasteiger partial charge on any atom is 0.265 e. The number of rotatable bonds is 6. The minimum absolute atomic E-state index is 0.125. The Kier molecular flexibility index (Phi) is 5.42. The number of amides is 1. The third-order valence-corrected chi connectivity index (χ3v) is 2.92. The molecule has 4 heteroatoms. The molecule has 0 bridgehead atoms. The van der Waals surface area contributed by atoms with E-state index in [1.54, 1.807) is 6.92 Å². The number of carbonyl (C=O) groups is 1. The van der Waals surface area contributed by atoms with Gasteiger partial charge in [-0.05, 0) is 57.2 Å². The van der Waals surface area contributed by atoms with E-state index < -0.39 is 6.10 Å². The van der Waals surface area contributed by atoms with Crippen molar-refractivity contribution in [3.63, 3.8) is 0 Å². The maximum atomic E-state index is 12.1. The fourth-order valence-electron chi connectivity index (χ4n) is 1.89. The summed E-state index contributed by atoms with van der Waals surface area (Å²) in [5.41, 5.74) is 0.713. The standard InChI is InChI=1S/C18H21NO3/c1-13(2)21-17-11-9-15(10-12-17)19-18(20)14(3)22-16-7-5-4-6-8-16/h4-14H,1-3H3,(H,19,20)/t14-/m1/s1. The molecular weight excluding hydrogens is 278 g/mol. The van der Waals surface area contributed by atoms with Crippen LogP contribution in [0.3, 0.4) is 0 Å². The molecule has 1 N–H and O–H groups in total. The number of hydrogen-bond acceptors (Lipinski definition) is 3. The summed E-state index contributed by atoms with van der Waals surface area (Å²) < 4.78 is 11.2. The highest BCUT2D eigenvalue weighted by molar-refractivity contribution is 5.94. The number of anilines is 1. The predicted octanol–water partition coefficient (Wildman–Crippen LogP) is 3.88. The first kappa shape index (κ1) is 15.9. The van der Waals surface area contributed by atoms with Gasteiger partial charge in [0.05, 0.1) is 6.10 Å². The minimum Gasteiger partial charge on any atom is -0.491 e. The van der Waals surface area contributed by atoms with E-state index in [1.165, 1.54) is 0 Å². The Morgan fingerprint density at radius 2 is 1.45 bits per heavy atom. The lowest BCUT2D eigenvalue weighted by atomic mass is 10.2. The van der Waals surface area contributed by atoms with Crippen LogP contribution >= 0.6 is 0 Å². The Morgan fingerprint density at radius 1 is 0.864 bits per heavy atom. The molecule has 1 atom stereocenters. The first-order valence-electron chi connectivity index (χ1n) is 7.34. The molecule has 22 heavy (non-hydrogen) atoms. The van der Waals surface area contributed by atoms with Crippen LogP contribution in [0.4, 0.5) is 5.69 Å². The van der Waals surface area contributed by atoms with Crippen molar-refractivity contribution < 1.29 is 14.3 Å².